The van der Waals surface area contributed by atoms with Crippen LogP contribution in [0.3, 0.4) is 0 Å². The average molecular weight is 425 g/mol. The monoisotopic (exact) mass is 424 g/mol. The van der Waals surface area contributed by atoms with Gasteiger partial charge >= 0.3 is 0 Å². The molecular formula is C24H29ClN4O. The molecule has 2 fully saturated rings. The Kier molecular flexibility index (Phi) is 4.38. The molecular weight excluding hydrogens is 396 g/mol. The number of rotatable bonds is 3. The van der Waals surface area contributed by atoms with Crippen molar-refractivity contribution in [2.24, 2.45) is 5.92 Å². The summed E-state index contributed by atoms with van der Waals surface area (Å²) in [4.78, 5) is 14.2. The SMILES string of the molecule is C[C@@H]1C[C@@H](O)c2ncnc(N3CC4(CCN(CC5CC5)CC4)c4cc(Cl)ccc43)c21. The van der Waals surface area contributed by atoms with Crippen LogP contribution in [0.15, 0.2) is 24.5 Å². The number of aliphatic hydroxyl groups is 1. The number of halogens is 1. The molecule has 0 bridgehead atoms. The summed E-state index contributed by atoms with van der Waals surface area (Å²) in [6.45, 7) is 6.71. The van der Waals surface area contributed by atoms with Gasteiger partial charge in [-0.15, -0.1) is 0 Å². The maximum absolute atomic E-state index is 10.5. The van der Waals surface area contributed by atoms with E-state index in [0.29, 0.717) is 0 Å². The predicted molar refractivity (Wildman–Crippen MR) is 119 cm³/mol. The fourth-order valence-corrected chi connectivity index (χ4v) is 6.18. The van der Waals surface area contributed by atoms with Gasteiger partial charge in [0.15, 0.2) is 0 Å². The lowest BCUT2D eigenvalue weighted by Crippen LogP contribution is -2.45. The molecule has 158 valence electrons. The van der Waals surface area contributed by atoms with Crippen LogP contribution in [0.1, 0.15) is 67.9 Å². The summed E-state index contributed by atoms with van der Waals surface area (Å²) in [7, 11) is 0. The molecule has 0 radical (unpaired) electrons. The van der Waals surface area contributed by atoms with E-state index in [4.69, 9.17) is 16.6 Å². The molecule has 5 nitrogen and oxygen atoms in total. The molecule has 1 saturated carbocycles. The first kappa shape index (κ1) is 19.0. The Morgan fingerprint density at radius 3 is 2.77 bits per heavy atom. The van der Waals surface area contributed by atoms with Gasteiger partial charge < -0.3 is 14.9 Å². The molecule has 4 aliphatic rings. The second kappa shape index (κ2) is 6.91. The Morgan fingerprint density at radius 1 is 1.20 bits per heavy atom. The summed E-state index contributed by atoms with van der Waals surface area (Å²) < 4.78 is 0. The summed E-state index contributed by atoms with van der Waals surface area (Å²) in [6, 6.07) is 6.34. The topological polar surface area (TPSA) is 52.5 Å². The number of fused-ring (bicyclic) bond motifs is 3. The number of likely N-dealkylation sites (tertiary alicyclic amines) is 1. The van der Waals surface area contributed by atoms with Crippen molar-refractivity contribution < 1.29 is 5.11 Å². The van der Waals surface area contributed by atoms with Gasteiger partial charge in [0.25, 0.3) is 0 Å². The first-order valence-electron chi connectivity index (χ1n) is 11.4. The standard InChI is InChI=1S/C24H29ClN4O/c1-15-10-20(30)22-21(15)23(27-14-26-22)29-13-24(18-11-17(25)4-5-19(18)29)6-8-28(9-7-24)12-16-2-3-16/h4-5,11,14-16,20,30H,2-3,6-10,12-13H2,1H3/t15-,20-/m1/s1. The van der Waals surface area contributed by atoms with E-state index < -0.39 is 6.10 Å². The maximum atomic E-state index is 10.5. The summed E-state index contributed by atoms with van der Waals surface area (Å²) in [5.74, 6) is 2.18. The minimum atomic E-state index is -0.483. The van der Waals surface area contributed by atoms with E-state index in [9.17, 15) is 5.11 Å². The molecule has 2 aliphatic heterocycles. The number of nitrogens with zero attached hydrogens (tertiary/aromatic N) is 4. The summed E-state index contributed by atoms with van der Waals surface area (Å²) in [5.41, 5.74) is 4.65. The number of anilines is 2. The van der Waals surface area contributed by atoms with Crippen molar-refractivity contribution in [1.29, 1.82) is 0 Å². The molecule has 3 heterocycles. The molecule has 1 N–H and O–H groups in total. The fraction of sp³-hybridized carbons (Fsp3) is 0.583. The summed E-state index contributed by atoms with van der Waals surface area (Å²) in [6.07, 6.45) is 7.01. The lowest BCUT2D eigenvalue weighted by atomic mass is 9.74. The minimum Gasteiger partial charge on any atom is -0.387 e. The van der Waals surface area contributed by atoms with Crippen LogP contribution < -0.4 is 4.90 Å². The van der Waals surface area contributed by atoms with Crippen molar-refractivity contribution in [2.75, 3.05) is 31.1 Å². The second-order valence-corrected chi connectivity index (χ2v) is 10.4. The van der Waals surface area contributed by atoms with Crippen molar-refractivity contribution in [3.05, 3.63) is 46.4 Å². The normalized spacial score (nSPS) is 27.5. The van der Waals surface area contributed by atoms with Crippen molar-refractivity contribution >= 4 is 23.1 Å². The van der Waals surface area contributed by atoms with Crippen LogP contribution in [-0.4, -0.2) is 46.2 Å². The molecule has 1 saturated heterocycles. The van der Waals surface area contributed by atoms with Gasteiger partial charge in [0.05, 0.1) is 11.8 Å². The molecule has 1 spiro atoms. The number of aromatic nitrogens is 2. The molecule has 0 amide bonds. The minimum absolute atomic E-state index is 0.124. The van der Waals surface area contributed by atoms with Crippen LogP contribution in [0, 0.1) is 5.92 Å². The van der Waals surface area contributed by atoms with Gasteiger partial charge in [-0.3, -0.25) is 0 Å². The van der Waals surface area contributed by atoms with Crippen LogP contribution in [-0.2, 0) is 5.41 Å². The van der Waals surface area contributed by atoms with E-state index in [0.717, 1.165) is 66.9 Å². The highest BCUT2D eigenvalue weighted by molar-refractivity contribution is 6.30. The van der Waals surface area contributed by atoms with Crippen LogP contribution in [0.5, 0.6) is 0 Å². The van der Waals surface area contributed by atoms with E-state index in [1.807, 2.05) is 6.07 Å². The van der Waals surface area contributed by atoms with E-state index >= 15 is 0 Å². The maximum Gasteiger partial charge on any atom is 0.140 e. The van der Waals surface area contributed by atoms with Crippen LogP contribution >= 0.6 is 11.6 Å². The van der Waals surface area contributed by atoms with E-state index in [2.05, 4.69) is 33.8 Å². The number of hydrogen-bond acceptors (Lipinski definition) is 5. The molecule has 0 unspecified atom stereocenters. The zero-order valence-corrected chi connectivity index (χ0v) is 18.3. The average Bonchev–Trinajstić information content (AvgIpc) is 3.45. The highest BCUT2D eigenvalue weighted by Crippen LogP contribution is 2.53. The highest BCUT2D eigenvalue weighted by Gasteiger charge is 2.47. The first-order chi connectivity index (χ1) is 14.5. The van der Waals surface area contributed by atoms with Crippen LogP contribution in [0.2, 0.25) is 5.02 Å². The summed E-state index contributed by atoms with van der Waals surface area (Å²) >= 11 is 6.47. The molecule has 2 aliphatic carbocycles. The molecule has 1 aromatic heterocycles. The summed E-state index contributed by atoms with van der Waals surface area (Å²) in [5, 5.41) is 11.3. The number of benzene rings is 1. The van der Waals surface area contributed by atoms with E-state index in [1.165, 1.54) is 30.6 Å². The fourth-order valence-electron chi connectivity index (χ4n) is 6.00. The Bertz CT molecular complexity index is 983. The predicted octanol–water partition coefficient (Wildman–Crippen LogP) is 4.57. The van der Waals surface area contributed by atoms with Gasteiger partial charge in [0, 0.05) is 34.8 Å². The molecule has 2 aromatic rings. The Morgan fingerprint density at radius 2 is 2.00 bits per heavy atom. The number of aliphatic hydroxyl groups excluding tert-OH is 1. The molecule has 6 heteroatoms. The third-order valence-electron chi connectivity index (χ3n) is 7.84. The van der Waals surface area contributed by atoms with E-state index in [-0.39, 0.29) is 11.3 Å². The Hall–Kier alpha value is -1.69. The molecule has 2 atom stereocenters. The van der Waals surface area contributed by atoms with Gasteiger partial charge in [-0.25, -0.2) is 9.97 Å². The molecule has 6 rings (SSSR count). The van der Waals surface area contributed by atoms with Gasteiger partial charge in [-0.1, -0.05) is 18.5 Å². The first-order valence-corrected chi connectivity index (χ1v) is 11.7. The zero-order valence-electron chi connectivity index (χ0n) is 17.5. The third-order valence-corrected chi connectivity index (χ3v) is 8.08. The van der Waals surface area contributed by atoms with Crippen LogP contribution in [0.25, 0.3) is 0 Å². The molecule has 30 heavy (non-hydrogen) atoms. The van der Waals surface area contributed by atoms with Crippen LogP contribution in [0.4, 0.5) is 11.5 Å². The zero-order chi connectivity index (χ0) is 20.5. The largest absolute Gasteiger partial charge is 0.387 e. The van der Waals surface area contributed by atoms with Crippen molar-refractivity contribution in [3.63, 3.8) is 0 Å². The smallest absolute Gasteiger partial charge is 0.140 e. The highest BCUT2D eigenvalue weighted by atomic mass is 35.5. The van der Waals surface area contributed by atoms with Crippen molar-refractivity contribution in [2.45, 2.75) is 56.5 Å². The van der Waals surface area contributed by atoms with Gasteiger partial charge in [-0.2, -0.15) is 0 Å². The third kappa shape index (κ3) is 2.97. The Labute approximate surface area is 183 Å². The van der Waals surface area contributed by atoms with Gasteiger partial charge in [-0.05, 0) is 80.8 Å². The van der Waals surface area contributed by atoms with E-state index in [1.54, 1.807) is 6.33 Å². The van der Waals surface area contributed by atoms with Crippen molar-refractivity contribution in [1.82, 2.24) is 14.9 Å². The lowest BCUT2D eigenvalue weighted by molar-refractivity contribution is 0.161. The van der Waals surface area contributed by atoms with Gasteiger partial charge in [0.2, 0.25) is 0 Å². The molecule has 1 aromatic carbocycles. The Balaban J connectivity index is 1.38. The number of hydrogen-bond donors (Lipinski definition) is 1. The quantitative estimate of drug-likeness (QED) is 0.782. The van der Waals surface area contributed by atoms with Gasteiger partial charge in [0.1, 0.15) is 12.1 Å². The second-order valence-electron chi connectivity index (χ2n) is 9.92. The van der Waals surface area contributed by atoms with Crippen molar-refractivity contribution in [3.8, 4) is 0 Å². The lowest BCUT2D eigenvalue weighted by Gasteiger charge is -2.40. The number of piperidine rings is 1.